The first-order valence-electron chi connectivity index (χ1n) is 4.94. The van der Waals surface area contributed by atoms with Crippen molar-refractivity contribution >= 4 is 27.3 Å². The minimum atomic E-state index is -1.03. The Morgan fingerprint density at radius 3 is 2.65 bits per heavy atom. The molecule has 0 bridgehead atoms. The molecule has 1 unspecified atom stereocenters. The van der Waals surface area contributed by atoms with Crippen LogP contribution >= 0.6 is 27.3 Å². The third kappa shape index (κ3) is 2.91. The van der Waals surface area contributed by atoms with Crippen LogP contribution in [0.2, 0.25) is 0 Å². The zero-order valence-corrected chi connectivity index (χ0v) is 11.1. The second-order valence-corrected chi connectivity index (χ2v) is 6.12. The van der Waals surface area contributed by atoms with Gasteiger partial charge in [0.25, 0.3) is 0 Å². The molecule has 1 nitrogen and oxygen atoms in total. The van der Waals surface area contributed by atoms with Gasteiger partial charge < -0.3 is 5.11 Å². The fourth-order valence-corrected chi connectivity index (χ4v) is 3.06. The number of rotatable bonds is 3. The molecule has 0 aliphatic carbocycles. The SMILES string of the molecule is OC(Cc1ccc(Br)s1)c1cccc(F)c1F. The van der Waals surface area contributed by atoms with Gasteiger partial charge in [0.2, 0.25) is 0 Å². The number of aliphatic hydroxyl groups is 1. The van der Waals surface area contributed by atoms with E-state index in [0.29, 0.717) is 0 Å². The van der Waals surface area contributed by atoms with E-state index in [-0.39, 0.29) is 12.0 Å². The van der Waals surface area contributed by atoms with Crippen molar-refractivity contribution in [2.24, 2.45) is 0 Å². The van der Waals surface area contributed by atoms with Gasteiger partial charge in [-0.05, 0) is 34.1 Å². The monoisotopic (exact) mass is 318 g/mol. The maximum atomic E-state index is 13.4. The van der Waals surface area contributed by atoms with E-state index >= 15 is 0 Å². The fourth-order valence-electron chi connectivity index (χ4n) is 1.54. The summed E-state index contributed by atoms with van der Waals surface area (Å²) in [4.78, 5) is 0.910. The summed E-state index contributed by atoms with van der Waals surface area (Å²) in [5.74, 6) is -1.91. The van der Waals surface area contributed by atoms with Crippen LogP contribution in [0, 0.1) is 11.6 Å². The van der Waals surface area contributed by atoms with Crippen molar-refractivity contribution in [1.29, 1.82) is 0 Å². The van der Waals surface area contributed by atoms with Gasteiger partial charge in [0.05, 0.1) is 9.89 Å². The summed E-state index contributed by atoms with van der Waals surface area (Å²) in [7, 11) is 0. The summed E-state index contributed by atoms with van der Waals surface area (Å²) in [6.45, 7) is 0. The molecule has 1 atom stereocenters. The van der Waals surface area contributed by atoms with Crippen LogP contribution in [0.5, 0.6) is 0 Å². The van der Waals surface area contributed by atoms with Crippen LogP contribution in [0.25, 0.3) is 0 Å². The topological polar surface area (TPSA) is 20.2 Å². The van der Waals surface area contributed by atoms with Gasteiger partial charge in [-0.25, -0.2) is 8.78 Å². The second-order valence-electron chi connectivity index (χ2n) is 3.57. The number of hydrogen-bond donors (Lipinski definition) is 1. The van der Waals surface area contributed by atoms with Crippen LogP contribution in [0.15, 0.2) is 34.1 Å². The van der Waals surface area contributed by atoms with E-state index in [1.54, 1.807) is 0 Å². The Kier molecular flexibility index (Phi) is 3.91. The number of halogens is 3. The van der Waals surface area contributed by atoms with Gasteiger partial charge in [-0.15, -0.1) is 11.3 Å². The Hall–Kier alpha value is -0.780. The first-order valence-corrected chi connectivity index (χ1v) is 6.55. The first kappa shape index (κ1) is 12.7. The highest BCUT2D eigenvalue weighted by molar-refractivity contribution is 9.11. The molecule has 0 aliphatic heterocycles. The zero-order chi connectivity index (χ0) is 12.4. The lowest BCUT2D eigenvalue weighted by Crippen LogP contribution is -2.04. The van der Waals surface area contributed by atoms with Crippen molar-refractivity contribution in [2.75, 3.05) is 0 Å². The summed E-state index contributed by atoms with van der Waals surface area (Å²) in [5, 5.41) is 9.87. The molecule has 1 aromatic heterocycles. The second kappa shape index (κ2) is 5.25. The molecule has 0 saturated carbocycles. The van der Waals surface area contributed by atoms with E-state index in [0.717, 1.165) is 14.7 Å². The molecule has 2 aromatic rings. The summed E-state index contributed by atoms with van der Waals surface area (Å²) < 4.78 is 27.4. The molecule has 0 spiro atoms. The molecule has 2 rings (SSSR count). The summed E-state index contributed by atoms with van der Waals surface area (Å²) in [6, 6.07) is 7.52. The van der Waals surface area contributed by atoms with Crippen LogP contribution in [0.3, 0.4) is 0 Å². The Labute approximate surface area is 110 Å². The lowest BCUT2D eigenvalue weighted by atomic mass is 10.1. The molecule has 0 fully saturated rings. The third-order valence-electron chi connectivity index (χ3n) is 2.36. The van der Waals surface area contributed by atoms with Crippen LogP contribution in [0.1, 0.15) is 16.5 Å². The van der Waals surface area contributed by atoms with Gasteiger partial charge in [0.15, 0.2) is 11.6 Å². The van der Waals surface area contributed by atoms with Crippen molar-refractivity contribution in [1.82, 2.24) is 0 Å². The van der Waals surface area contributed by atoms with E-state index in [2.05, 4.69) is 15.9 Å². The van der Waals surface area contributed by atoms with Crippen LogP contribution < -0.4 is 0 Å². The number of hydrogen-bond acceptors (Lipinski definition) is 2. The molecule has 5 heteroatoms. The van der Waals surface area contributed by atoms with Gasteiger partial charge in [0, 0.05) is 16.9 Å². The van der Waals surface area contributed by atoms with Crippen molar-refractivity contribution in [3.8, 4) is 0 Å². The highest BCUT2D eigenvalue weighted by atomic mass is 79.9. The first-order chi connectivity index (χ1) is 8.08. The lowest BCUT2D eigenvalue weighted by molar-refractivity contribution is 0.173. The van der Waals surface area contributed by atoms with Crippen molar-refractivity contribution < 1.29 is 13.9 Å². The van der Waals surface area contributed by atoms with Crippen molar-refractivity contribution in [2.45, 2.75) is 12.5 Å². The minimum absolute atomic E-state index is 0.00507. The normalized spacial score (nSPS) is 12.7. The van der Waals surface area contributed by atoms with Gasteiger partial charge in [-0.1, -0.05) is 12.1 Å². The highest BCUT2D eigenvalue weighted by Crippen LogP contribution is 2.28. The maximum Gasteiger partial charge on any atom is 0.164 e. The van der Waals surface area contributed by atoms with Crippen LogP contribution in [-0.4, -0.2) is 5.11 Å². The lowest BCUT2D eigenvalue weighted by Gasteiger charge is -2.10. The smallest absolute Gasteiger partial charge is 0.164 e. The molecular weight excluding hydrogens is 310 g/mol. The molecule has 0 aliphatic rings. The van der Waals surface area contributed by atoms with Gasteiger partial charge in [-0.3, -0.25) is 0 Å². The maximum absolute atomic E-state index is 13.4. The van der Waals surface area contributed by atoms with Crippen molar-refractivity contribution in [3.05, 3.63) is 56.2 Å². The molecule has 17 heavy (non-hydrogen) atoms. The number of thiophene rings is 1. The van der Waals surface area contributed by atoms with E-state index in [1.807, 2.05) is 12.1 Å². The molecular formula is C12H9BrF2OS. The van der Waals surface area contributed by atoms with Gasteiger partial charge in [-0.2, -0.15) is 0 Å². The fraction of sp³-hybridized carbons (Fsp3) is 0.167. The summed E-state index contributed by atoms with van der Waals surface area (Å²) in [5.41, 5.74) is -0.00507. The van der Waals surface area contributed by atoms with Crippen LogP contribution in [-0.2, 0) is 6.42 Å². The summed E-state index contributed by atoms with van der Waals surface area (Å²) >= 11 is 4.77. The average Bonchev–Trinajstić information content (AvgIpc) is 2.68. The van der Waals surface area contributed by atoms with Crippen molar-refractivity contribution in [3.63, 3.8) is 0 Å². The molecule has 1 aromatic carbocycles. The standard InChI is InChI=1S/C12H9BrF2OS/c13-11-5-4-7(17-11)6-10(16)8-2-1-3-9(14)12(8)15/h1-5,10,16H,6H2. The highest BCUT2D eigenvalue weighted by Gasteiger charge is 2.16. The van der Waals surface area contributed by atoms with E-state index in [4.69, 9.17) is 0 Å². The Bertz CT molecular complexity index is 527. The quantitative estimate of drug-likeness (QED) is 0.904. The largest absolute Gasteiger partial charge is 0.388 e. The Morgan fingerprint density at radius 1 is 1.24 bits per heavy atom. The van der Waals surface area contributed by atoms with E-state index in [1.165, 1.54) is 23.5 Å². The Morgan fingerprint density at radius 2 is 2.00 bits per heavy atom. The number of aliphatic hydroxyl groups excluding tert-OH is 1. The van der Waals surface area contributed by atoms with E-state index < -0.39 is 17.7 Å². The number of benzene rings is 1. The third-order valence-corrected chi connectivity index (χ3v) is 4.01. The molecule has 0 amide bonds. The van der Waals surface area contributed by atoms with E-state index in [9.17, 15) is 13.9 Å². The predicted octanol–water partition coefficient (Wildman–Crippen LogP) is 4.06. The molecule has 1 heterocycles. The zero-order valence-electron chi connectivity index (χ0n) is 8.66. The predicted molar refractivity (Wildman–Crippen MR) is 67.0 cm³/mol. The Balaban J connectivity index is 2.20. The van der Waals surface area contributed by atoms with Gasteiger partial charge >= 0.3 is 0 Å². The molecule has 90 valence electrons. The molecule has 0 radical (unpaired) electrons. The van der Waals surface area contributed by atoms with Crippen LogP contribution in [0.4, 0.5) is 8.78 Å². The molecule has 1 N–H and O–H groups in total. The summed E-state index contributed by atoms with van der Waals surface area (Å²) in [6.07, 6.45) is -0.757. The molecule has 0 saturated heterocycles. The van der Waals surface area contributed by atoms with Gasteiger partial charge in [0.1, 0.15) is 0 Å². The average molecular weight is 319 g/mol. The minimum Gasteiger partial charge on any atom is -0.388 e.